The van der Waals surface area contributed by atoms with E-state index in [1.54, 1.807) is 13.4 Å². The summed E-state index contributed by atoms with van der Waals surface area (Å²) >= 11 is 0. The number of rotatable bonds is 8. The topological polar surface area (TPSA) is 49.3 Å². The fraction of sp³-hybridized carbons (Fsp3) is 0.192. The van der Waals surface area contributed by atoms with Crippen LogP contribution in [0.4, 0.5) is 5.69 Å². The molecule has 0 saturated carbocycles. The molecule has 0 saturated heterocycles. The van der Waals surface area contributed by atoms with E-state index in [4.69, 9.17) is 18.9 Å². The summed E-state index contributed by atoms with van der Waals surface area (Å²) < 4.78 is 22.8. The van der Waals surface area contributed by atoms with Crippen LogP contribution in [-0.2, 0) is 0 Å². The molecule has 0 N–H and O–H groups in total. The largest absolute Gasteiger partial charge is 0.497 e. The van der Waals surface area contributed by atoms with Gasteiger partial charge in [0.15, 0.2) is 0 Å². The molecule has 0 heterocycles. The standard InChI is InChI=1S/C26H27NO4/c1-5-29-24-10-7-11-25(17-24)31-26(27-21-12-14-22(28-4)15-13-21)20(3)18-30-23-9-6-8-19(2)16-23/h6-18H,5H2,1-4H3/b20-18+,27-26?. The van der Waals surface area contributed by atoms with Crippen LogP contribution in [0.25, 0.3) is 0 Å². The summed E-state index contributed by atoms with van der Waals surface area (Å²) in [4.78, 5) is 4.68. The molecular weight excluding hydrogens is 390 g/mol. The second-order valence-corrected chi connectivity index (χ2v) is 6.86. The average molecular weight is 418 g/mol. The molecule has 0 radical (unpaired) electrons. The monoisotopic (exact) mass is 417 g/mol. The number of nitrogens with zero attached hydrogens (tertiary/aromatic N) is 1. The zero-order valence-electron chi connectivity index (χ0n) is 18.3. The van der Waals surface area contributed by atoms with Gasteiger partial charge < -0.3 is 18.9 Å². The molecule has 0 atom stereocenters. The number of ether oxygens (including phenoxy) is 4. The fourth-order valence-electron chi connectivity index (χ4n) is 2.77. The second-order valence-electron chi connectivity index (χ2n) is 6.86. The van der Waals surface area contributed by atoms with E-state index in [0.29, 0.717) is 18.3 Å². The maximum Gasteiger partial charge on any atom is 0.225 e. The lowest BCUT2D eigenvalue weighted by Gasteiger charge is -2.12. The van der Waals surface area contributed by atoms with E-state index in [0.717, 1.165) is 34.1 Å². The Hall–Kier alpha value is -3.73. The second kappa shape index (κ2) is 10.9. The summed E-state index contributed by atoms with van der Waals surface area (Å²) in [6, 6.07) is 22.8. The minimum absolute atomic E-state index is 0.423. The highest BCUT2D eigenvalue weighted by atomic mass is 16.5. The van der Waals surface area contributed by atoms with Crippen molar-refractivity contribution in [3.8, 4) is 23.0 Å². The van der Waals surface area contributed by atoms with Crippen LogP contribution in [0.1, 0.15) is 19.4 Å². The normalized spacial score (nSPS) is 11.7. The molecule has 0 unspecified atom stereocenters. The lowest BCUT2D eigenvalue weighted by Crippen LogP contribution is -2.11. The Morgan fingerprint density at radius 3 is 2.29 bits per heavy atom. The van der Waals surface area contributed by atoms with Gasteiger partial charge in [-0.05, 0) is 74.9 Å². The molecule has 3 aromatic carbocycles. The zero-order valence-corrected chi connectivity index (χ0v) is 18.3. The van der Waals surface area contributed by atoms with Gasteiger partial charge in [0, 0.05) is 11.6 Å². The highest BCUT2D eigenvalue weighted by molar-refractivity contribution is 5.96. The van der Waals surface area contributed by atoms with E-state index in [1.165, 1.54) is 0 Å². The first-order valence-electron chi connectivity index (χ1n) is 10.1. The maximum absolute atomic E-state index is 6.13. The minimum atomic E-state index is 0.423. The van der Waals surface area contributed by atoms with Gasteiger partial charge in [-0.1, -0.05) is 18.2 Å². The molecule has 31 heavy (non-hydrogen) atoms. The van der Waals surface area contributed by atoms with Gasteiger partial charge in [-0.15, -0.1) is 0 Å². The summed E-state index contributed by atoms with van der Waals surface area (Å²) in [7, 11) is 1.63. The first kappa shape index (κ1) is 22.0. The third-order valence-electron chi connectivity index (χ3n) is 4.33. The van der Waals surface area contributed by atoms with Crippen LogP contribution in [0.15, 0.2) is 89.6 Å². The van der Waals surface area contributed by atoms with Crippen LogP contribution in [0.2, 0.25) is 0 Å². The van der Waals surface area contributed by atoms with Crippen molar-refractivity contribution < 1.29 is 18.9 Å². The van der Waals surface area contributed by atoms with Gasteiger partial charge in [-0.2, -0.15) is 0 Å². The van der Waals surface area contributed by atoms with E-state index in [2.05, 4.69) is 4.99 Å². The van der Waals surface area contributed by atoms with E-state index >= 15 is 0 Å². The van der Waals surface area contributed by atoms with Crippen LogP contribution in [0.5, 0.6) is 23.0 Å². The van der Waals surface area contributed by atoms with E-state index in [9.17, 15) is 0 Å². The van der Waals surface area contributed by atoms with Crippen molar-refractivity contribution in [2.45, 2.75) is 20.8 Å². The smallest absolute Gasteiger partial charge is 0.225 e. The highest BCUT2D eigenvalue weighted by Gasteiger charge is 2.09. The van der Waals surface area contributed by atoms with Gasteiger partial charge in [0.2, 0.25) is 5.90 Å². The number of hydrogen-bond acceptors (Lipinski definition) is 5. The summed E-state index contributed by atoms with van der Waals surface area (Å²) in [5.41, 5.74) is 2.60. The molecule has 0 aromatic heterocycles. The van der Waals surface area contributed by atoms with E-state index < -0.39 is 0 Å². The number of aliphatic imine (C=N–C) groups is 1. The van der Waals surface area contributed by atoms with Crippen LogP contribution in [-0.4, -0.2) is 19.6 Å². The molecule has 3 aromatic rings. The molecule has 0 fully saturated rings. The molecule has 5 heteroatoms. The predicted molar refractivity (Wildman–Crippen MR) is 124 cm³/mol. The molecule has 3 rings (SSSR count). The molecule has 160 valence electrons. The summed E-state index contributed by atoms with van der Waals surface area (Å²) in [5, 5.41) is 0. The quantitative estimate of drug-likeness (QED) is 0.239. The van der Waals surface area contributed by atoms with Crippen molar-refractivity contribution >= 4 is 11.6 Å². The van der Waals surface area contributed by atoms with Gasteiger partial charge in [-0.3, -0.25) is 0 Å². The molecule has 0 aliphatic carbocycles. The third-order valence-corrected chi connectivity index (χ3v) is 4.33. The highest BCUT2D eigenvalue weighted by Crippen LogP contribution is 2.24. The van der Waals surface area contributed by atoms with Gasteiger partial charge in [0.1, 0.15) is 23.0 Å². The Morgan fingerprint density at radius 2 is 1.58 bits per heavy atom. The fourth-order valence-corrected chi connectivity index (χ4v) is 2.77. The first-order valence-corrected chi connectivity index (χ1v) is 10.1. The lowest BCUT2D eigenvalue weighted by atomic mass is 10.2. The molecule has 0 spiro atoms. The molecule has 0 aliphatic heterocycles. The average Bonchev–Trinajstić information content (AvgIpc) is 2.78. The third kappa shape index (κ3) is 6.64. The molecule has 0 aliphatic rings. The van der Waals surface area contributed by atoms with Crippen molar-refractivity contribution in [2.24, 2.45) is 4.99 Å². The number of hydrogen-bond donors (Lipinski definition) is 0. The predicted octanol–water partition coefficient (Wildman–Crippen LogP) is 6.49. The van der Waals surface area contributed by atoms with Crippen LogP contribution < -0.4 is 18.9 Å². The van der Waals surface area contributed by atoms with Crippen molar-refractivity contribution in [2.75, 3.05) is 13.7 Å². The Bertz CT molecular complexity index is 1060. The minimum Gasteiger partial charge on any atom is -0.497 e. The van der Waals surface area contributed by atoms with Crippen molar-refractivity contribution in [3.63, 3.8) is 0 Å². The van der Waals surface area contributed by atoms with Crippen molar-refractivity contribution in [3.05, 3.63) is 90.2 Å². The SMILES string of the molecule is CCOc1cccc(OC(=Nc2ccc(OC)cc2)/C(C)=C/Oc2cccc(C)c2)c1. The number of aryl methyl sites for hydroxylation is 1. The molecule has 0 bridgehead atoms. The van der Waals surface area contributed by atoms with Crippen LogP contribution in [0.3, 0.4) is 0 Å². The molecular formula is C26H27NO4. The number of benzene rings is 3. The van der Waals surface area contributed by atoms with Crippen LogP contribution in [0, 0.1) is 6.92 Å². The van der Waals surface area contributed by atoms with Crippen LogP contribution >= 0.6 is 0 Å². The van der Waals surface area contributed by atoms with Gasteiger partial charge in [0.05, 0.1) is 25.7 Å². The Kier molecular flexibility index (Phi) is 7.71. The summed E-state index contributed by atoms with van der Waals surface area (Å²) in [5.74, 6) is 3.30. The summed E-state index contributed by atoms with van der Waals surface area (Å²) in [6.45, 7) is 6.44. The number of methoxy groups -OCH3 is 1. The first-order chi connectivity index (χ1) is 15.1. The lowest BCUT2D eigenvalue weighted by molar-refractivity contribution is 0.339. The molecule has 0 amide bonds. The molecule has 5 nitrogen and oxygen atoms in total. The van der Waals surface area contributed by atoms with Gasteiger partial charge in [-0.25, -0.2) is 4.99 Å². The Balaban J connectivity index is 1.89. The van der Waals surface area contributed by atoms with Crippen molar-refractivity contribution in [1.82, 2.24) is 0 Å². The Labute approximate surface area is 183 Å². The Morgan fingerprint density at radius 1 is 0.871 bits per heavy atom. The summed E-state index contributed by atoms with van der Waals surface area (Å²) in [6.07, 6.45) is 1.64. The van der Waals surface area contributed by atoms with E-state index in [-0.39, 0.29) is 0 Å². The van der Waals surface area contributed by atoms with E-state index in [1.807, 2.05) is 93.6 Å². The van der Waals surface area contributed by atoms with Gasteiger partial charge >= 0.3 is 0 Å². The zero-order chi connectivity index (χ0) is 22.1. The van der Waals surface area contributed by atoms with Crippen molar-refractivity contribution in [1.29, 1.82) is 0 Å². The van der Waals surface area contributed by atoms with Gasteiger partial charge in [0.25, 0.3) is 0 Å². The maximum atomic E-state index is 6.13.